The average molecular weight is 408 g/mol. The van der Waals surface area contributed by atoms with E-state index in [0.717, 1.165) is 23.2 Å². The van der Waals surface area contributed by atoms with Crippen molar-refractivity contribution in [1.29, 1.82) is 0 Å². The molecule has 1 aliphatic rings. The monoisotopic (exact) mass is 407 g/mol. The Balaban J connectivity index is 1.95. The van der Waals surface area contributed by atoms with E-state index in [9.17, 15) is 10.1 Å². The molecule has 1 fully saturated rings. The second-order valence-electron chi connectivity index (χ2n) is 9.11. The van der Waals surface area contributed by atoms with Crippen LogP contribution in [0.4, 0.5) is 11.4 Å². The molecular weight excluding hydrogens is 378 g/mol. The normalized spacial score (nSPS) is 21.2. The minimum atomic E-state index is -1.88. The minimum absolute atomic E-state index is 0.139. The summed E-state index contributed by atoms with van der Waals surface area (Å²) in [6.07, 6.45) is 0.978. The molecule has 0 radical (unpaired) electrons. The molecule has 8 heteroatoms. The van der Waals surface area contributed by atoms with Gasteiger partial charge in [0, 0.05) is 12.6 Å². The molecule has 0 aliphatic carbocycles. The third kappa shape index (κ3) is 3.88. The lowest BCUT2D eigenvalue weighted by atomic mass is 10.1. The maximum absolute atomic E-state index is 11.7. The molecule has 1 saturated heterocycles. The fraction of sp³-hybridized carbons (Fsp3) is 0.632. The molecule has 148 valence electrons. The third-order valence-electron chi connectivity index (χ3n) is 6.00. The summed E-state index contributed by atoms with van der Waals surface area (Å²) in [5.41, 5.74) is 3.30. The molecule has 2 atom stereocenters. The first-order chi connectivity index (χ1) is 12.5. The topological polar surface area (TPSA) is 68.5 Å². The quantitative estimate of drug-likeness (QED) is 0.375. The van der Waals surface area contributed by atoms with Crippen LogP contribution in [0.3, 0.4) is 0 Å². The summed E-state index contributed by atoms with van der Waals surface area (Å²) in [5.74, 6) is 0.464. The van der Waals surface area contributed by atoms with Gasteiger partial charge in [-0.3, -0.25) is 10.1 Å². The first-order valence-electron chi connectivity index (χ1n) is 9.42. The number of hydrogen-bond acceptors (Lipinski definition) is 6. The molecular formula is C19H29N3O3SSi. The molecule has 0 N–H and O–H groups in total. The van der Waals surface area contributed by atoms with E-state index in [-0.39, 0.29) is 21.7 Å². The summed E-state index contributed by atoms with van der Waals surface area (Å²) in [6.45, 7) is 14.8. The van der Waals surface area contributed by atoms with Crippen LogP contribution in [0, 0.1) is 16.0 Å². The highest BCUT2D eigenvalue weighted by Gasteiger charge is 2.40. The summed E-state index contributed by atoms with van der Waals surface area (Å²) in [4.78, 5) is 18.1. The van der Waals surface area contributed by atoms with Crippen molar-refractivity contribution in [2.45, 2.75) is 58.3 Å². The highest BCUT2D eigenvalue weighted by molar-refractivity contribution is 7.16. The number of thiazole rings is 1. The maximum Gasteiger partial charge on any atom is 0.294 e. The first kappa shape index (κ1) is 20.2. The Morgan fingerprint density at radius 2 is 2.11 bits per heavy atom. The number of anilines is 1. The molecule has 6 nitrogen and oxygen atoms in total. The molecule has 27 heavy (non-hydrogen) atoms. The standard InChI is InChI=1S/C19H29N3O3SSi/c1-13-9-14(11-25-27(5,6)19(2,3)4)21(10-13)18-15(22(23)24)7-8-16-17(18)20-12-26-16/h7-8,12-14H,9-11H2,1-6H3/t13-,14+/m1/s1. The Labute approximate surface area is 165 Å². The van der Waals surface area contributed by atoms with E-state index < -0.39 is 8.32 Å². The first-order valence-corrected chi connectivity index (χ1v) is 13.2. The largest absolute Gasteiger partial charge is 0.415 e. The van der Waals surface area contributed by atoms with Gasteiger partial charge in [-0.2, -0.15) is 0 Å². The number of rotatable bonds is 5. The molecule has 0 amide bonds. The van der Waals surface area contributed by atoms with Crippen molar-refractivity contribution in [1.82, 2.24) is 4.98 Å². The number of nitro groups is 1. The van der Waals surface area contributed by atoms with Crippen molar-refractivity contribution >= 4 is 41.2 Å². The number of aromatic nitrogens is 1. The van der Waals surface area contributed by atoms with E-state index in [1.54, 1.807) is 17.6 Å². The van der Waals surface area contributed by atoms with Crippen molar-refractivity contribution < 1.29 is 9.35 Å². The number of fused-ring (bicyclic) bond motifs is 1. The van der Waals surface area contributed by atoms with E-state index in [1.165, 1.54) is 11.3 Å². The summed E-state index contributed by atoms with van der Waals surface area (Å²) < 4.78 is 7.47. The van der Waals surface area contributed by atoms with Crippen LogP contribution in [-0.4, -0.2) is 37.4 Å². The van der Waals surface area contributed by atoms with E-state index >= 15 is 0 Å². The van der Waals surface area contributed by atoms with Gasteiger partial charge < -0.3 is 9.33 Å². The van der Waals surface area contributed by atoms with Crippen LogP contribution >= 0.6 is 11.3 Å². The van der Waals surface area contributed by atoms with Crippen molar-refractivity contribution in [3.63, 3.8) is 0 Å². The zero-order valence-electron chi connectivity index (χ0n) is 17.0. The van der Waals surface area contributed by atoms with Gasteiger partial charge in [0.1, 0.15) is 11.2 Å². The molecule has 3 rings (SSSR count). The number of hydrogen-bond donors (Lipinski definition) is 0. The lowest BCUT2D eigenvalue weighted by Crippen LogP contribution is -2.45. The zero-order valence-corrected chi connectivity index (χ0v) is 18.8. The smallest absolute Gasteiger partial charge is 0.294 e. The summed E-state index contributed by atoms with van der Waals surface area (Å²) >= 11 is 1.52. The second kappa shape index (κ2) is 7.14. The van der Waals surface area contributed by atoms with Gasteiger partial charge in [0.15, 0.2) is 8.32 Å². The number of nitro benzene ring substituents is 1. The van der Waals surface area contributed by atoms with Gasteiger partial charge in [-0.25, -0.2) is 4.98 Å². The fourth-order valence-corrected chi connectivity index (χ4v) is 5.16. The molecule has 0 saturated carbocycles. The van der Waals surface area contributed by atoms with Crippen molar-refractivity contribution in [2.75, 3.05) is 18.1 Å². The Kier molecular flexibility index (Phi) is 5.35. The van der Waals surface area contributed by atoms with Gasteiger partial charge in [0.2, 0.25) is 0 Å². The van der Waals surface area contributed by atoms with E-state index in [0.29, 0.717) is 18.2 Å². The van der Waals surface area contributed by atoms with Crippen LogP contribution in [0.15, 0.2) is 17.6 Å². The molecule has 0 spiro atoms. The van der Waals surface area contributed by atoms with E-state index in [1.807, 2.05) is 0 Å². The maximum atomic E-state index is 11.7. The molecule has 0 bridgehead atoms. The molecule has 0 unspecified atom stereocenters. The van der Waals surface area contributed by atoms with Gasteiger partial charge in [-0.1, -0.05) is 27.7 Å². The van der Waals surface area contributed by atoms with Gasteiger partial charge in [-0.15, -0.1) is 11.3 Å². The molecule has 2 aromatic rings. The Hall–Kier alpha value is -1.51. The predicted octanol–water partition coefficient (Wildman–Crippen LogP) is 5.44. The molecule has 2 heterocycles. The minimum Gasteiger partial charge on any atom is -0.415 e. The average Bonchev–Trinajstić information content (AvgIpc) is 3.16. The van der Waals surface area contributed by atoms with Crippen LogP contribution in [0.2, 0.25) is 18.1 Å². The second-order valence-corrected chi connectivity index (χ2v) is 14.8. The summed E-state index contributed by atoms with van der Waals surface area (Å²) in [6, 6.07) is 3.56. The predicted molar refractivity (Wildman–Crippen MR) is 114 cm³/mol. The molecule has 1 aromatic heterocycles. The van der Waals surface area contributed by atoms with Crippen LogP contribution in [-0.2, 0) is 4.43 Å². The summed E-state index contributed by atoms with van der Waals surface area (Å²) in [7, 11) is -1.88. The Bertz CT molecular complexity index is 846. The highest BCUT2D eigenvalue weighted by Crippen LogP contribution is 2.42. The number of nitrogens with zero attached hydrogens (tertiary/aromatic N) is 3. The molecule has 1 aliphatic heterocycles. The van der Waals surface area contributed by atoms with Crippen molar-refractivity contribution in [3.05, 3.63) is 27.8 Å². The van der Waals surface area contributed by atoms with Crippen LogP contribution in [0.1, 0.15) is 34.1 Å². The van der Waals surface area contributed by atoms with Gasteiger partial charge in [0.25, 0.3) is 5.69 Å². The van der Waals surface area contributed by atoms with Crippen LogP contribution in [0.5, 0.6) is 0 Å². The Morgan fingerprint density at radius 1 is 1.41 bits per heavy atom. The summed E-state index contributed by atoms with van der Waals surface area (Å²) in [5, 5.41) is 11.9. The fourth-order valence-electron chi connectivity index (χ4n) is 3.44. The van der Waals surface area contributed by atoms with Crippen molar-refractivity contribution in [3.8, 4) is 0 Å². The van der Waals surface area contributed by atoms with Gasteiger partial charge in [-0.05, 0) is 36.5 Å². The van der Waals surface area contributed by atoms with Gasteiger partial charge in [0.05, 0.1) is 27.8 Å². The van der Waals surface area contributed by atoms with Gasteiger partial charge >= 0.3 is 0 Å². The Morgan fingerprint density at radius 3 is 2.74 bits per heavy atom. The van der Waals surface area contributed by atoms with Crippen LogP contribution in [0.25, 0.3) is 10.2 Å². The van der Waals surface area contributed by atoms with E-state index in [4.69, 9.17) is 4.43 Å². The SMILES string of the molecule is C[C@@H]1C[C@@H](CO[Si](C)(C)C(C)(C)C)N(c2c([N+](=O)[O-])ccc3scnc23)C1. The molecule has 1 aromatic carbocycles. The number of benzene rings is 1. The highest BCUT2D eigenvalue weighted by atomic mass is 32.1. The lowest BCUT2D eigenvalue weighted by molar-refractivity contribution is -0.384. The third-order valence-corrected chi connectivity index (χ3v) is 11.3. The van der Waals surface area contributed by atoms with Crippen molar-refractivity contribution in [2.24, 2.45) is 5.92 Å². The van der Waals surface area contributed by atoms with E-state index in [2.05, 4.69) is 50.7 Å². The zero-order chi connectivity index (χ0) is 20.0. The van der Waals surface area contributed by atoms with Crippen LogP contribution < -0.4 is 4.90 Å². The lowest BCUT2D eigenvalue weighted by Gasteiger charge is -2.38.